The van der Waals surface area contributed by atoms with Gasteiger partial charge in [-0.05, 0) is 37.8 Å². The molecule has 1 aliphatic heterocycles. The van der Waals surface area contributed by atoms with Gasteiger partial charge in [-0.1, -0.05) is 0 Å². The number of hydrogen-bond donors (Lipinski definition) is 2. The Morgan fingerprint density at radius 3 is 2.62 bits per heavy atom. The van der Waals surface area contributed by atoms with Gasteiger partial charge in [0, 0.05) is 13.1 Å². The van der Waals surface area contributed by atoms with E-state index in [-0.39, 0.29) is 6.10 Å². The van der Waals surface area contributed by atoms with Crippen molar-refractivity contribution in [1.29, 1.82) is 0 Å². The summed E-state index contributed by atoms with van der Waals surface area (Å²) in [5, 5.41) is 9.52. The fourth-order valence-electron chi connectivity index (χ4n) is 2.20. The summed E-state index contributed by atoms with van der Waals surface area (Å²) in [5.41, 5.74) is 6.30. The summed E-state index contributed by atoms with van der Waals surface area (Å²) in [7, 11) is 0. The molecule has 2 rings (SSSR count). The molecule has 0 bridgehead atoms. The molecule has 0 unspecified atom stereocenters. The van der Waals surface area contributed by atoms with Crippen LogP contribution in [0.15, 0.2) is 18.3 Å². The van der Waals surface area contributed by atoms with Crippen LogP contribution in [0.25, 0.3) is 0 Å². The lowest BCUT2D eigenvalue weighted by molar-refractivity contribution is 0.110. The molecule has 1 fully saturated rings. The lowest BCUT2D eigenvalue weighted by Gasteiger charge is -2.34. The summed E-state index contributed by atoms with van der Waals surface area (Å²) < 4.78 is 0. The highest BCUT2D eigenvalue weighted by Crippen LogP contribution is 2.24. The number of nitrogens with two attached hydrogens (primary N) is 1. The van der Waals surface area contributed by atoms with Crippen LogP contribution in [0.1, 0.15) is 19.8 Å². The van der Waals surface area contributed by atoms with Crippen molar-refractivity contribution in [1.82, 2.24) is 4.98 Å². The van der Waals surface area contributed by atoms with E-state index in [4.69, 9.17) is 5.73 Å². The largest absolute Gasteiger partial charge is 0.397 e. The lowest BCUT2D eigenvalue weighted by atomic mass is 9.92. The molecule has 16 heavy (non-hydrogen) atoms. The number of hydrogen-bond acceptors (Lipinski definition) is 4. The van der Waals surface area contributed by atoms with E-state index in [9.17, 15) is 5.11 Å². The molecule has 1 aromatic heterocycles. The standard InChI is InChI=1S/C12H19N3O/c1-9(16)10-4-6-15(7-5-10)12-3-2-11(13)8-14-12/h2-3,8-10,16H,4-7,13H2,1H3/t9-/m1/s1. The summed E-state index contributed by atoms with van der Waals surface area (Å²) in [6.45, 7) is 3.81. The van der Waals surface area contributed by atoms with E-state index in [1.54, 1.807) is 6.20 Å². The van der Waals surface area contributed by atoms with Gasteiger partial charge in [0.2, 0.25) is 0 Å². The Bertz CT molecular complexity index is 329. The van der Waals surface area contributed by atoms with Crippen LogP contribution in [-0.4, -0.2) is 29.3 Å². The van der Waals surface area contributed by atoms with Crippen molar-refractivity contribution < 1.29 is 5.11 Å². The Balaban J connectivity index is 1.96. The van der Waals surface area contributed by atoms with Gasteiger partial charge in [0.1, 0.15) is 5.82 Å². The fraction of sp³-hybridized carbons (Fsp3) is 0.583. The van der Waals surface area contributed by atoms with Gasteiger partial charge in [-0.25, -0.2) is 4.98 Å². The van der Waals surface area contributed by atoms with Crippen LogP contribution in [0.4, 0.5) is 11.5 Å². The molecule has 4 heteroatoms. The maximum Gasteiger partial charge on any atom is 0.128 e. The third-order valence-electron chi connectivity index (χ3n) is 3.32. The second-order valence-corrected chi connectivity index (χ2v) is 4.51. The van der Waals surface area contributed by atoms with Crippen molar-refractivity contribution in [2.24, 2.45) is 5.92 Å². The van der Waals surface area contributed by atoms with Gasteiger partial charge in [0.25, 0.3) is 0 Å². The zero-order chi connectivity index (χ0) is 11.5. The van der Waals surface area contributed by atoms with Gasteiger partial charge in [-0.15, -0.1) is 0 Å². The van der Waals surface area contributed by atoms with Crippen LogP contribution in [0.5, 0.6) is 0 Å². The monoisotopic (exact) mass is 221 g/mol. The predicted molar refractivity (Wildman–Crippen MR) is 65.3 cm³/mol. The van der Waals surface area contributed by atoms with Gasteiger partial charge in [0.05, 0.1) is 18.0 Å². The number of nitrogen functional groups attached to an aromatic ring is 1. The quantitative estimate of drug-likeness (QED) is 0.789. The number of aromatic nitrogens is 1. The van der Waals surface area contributed by atoms with Crippen molar-refractivity contribution in [2.75, 3.05) is 23.7 Å². The molecule has 0 spiro atoms. The van der Waals surface area contributed by atoms with Crippen LogP contribution in [-0.2, 0) is 0 Å². The number of piperidine rings is 1. The maximum atomic E-state index is 9.52. The maximum absolute atomic E-state index is 9.52. The van der Waals surface area contributed by atoms with Crippen molar-refractivity contribution in [3.05, 3.63) is 18.3 Å². The molecule has 0 radical (unpaired) electrons. The predicted octanol–water partition coefficient (Wildman–Crippen LogP) is 1.26. The first-order valence-electron chi connectivity index (χ1n) is 5.81. The van der Waals surface area contributed by atoms with E-state index in [1.165, 1.54) is 0 Å². The Morgan fingerprint density at radius 2 is 2.12 bits per heavy atom. The van der Waals surface area contributed by atoms with E-state index in [0.29, 0.717) is 11.6 Å². The molecule has 0 aliphatic carbocycles. The third kappa shape index (κ3) is 2.44. The Hall–Kier alpha value is -1.29. The van der Waals surface area contributed by atoms with Crippen LogP contribution in [0.2, 0.25) is 0 Å². The van der Waals surface area contributed by atoms with E-state index in [2.05, 4.69) is 9.88 Å². The van der Waals surface area contributed by atoms with Crippen LogP contribution in [0.3, 0.4) is 0 Å². The van der Waals surface area contributed by atoms with Crippen LogP contribution >= 0.6 is 0 Å². The SMILES string of the molecule is C[C@@H](O)C1CCN(c2ccc(N)cn2)CC1. The number of rotatable bonds is 2. The second-order valence-electron chi connectivity index (χ2n) is 4.51. The second kappa shape index (κ2) is 4.70. The Morgan fingerprint density at radius 1 is 1.44 bits per heavy atom. The van der Waals surface area contributed by atoms with E-state index < -0.39 is 0 Å². The minimum absolute atomic E-state index is 0.193. The first-order valence-corrected chi connectivity index (χ1v) is 5.81. The van der Waals surface area contributed by atoms with Crippen molar-refractivity contribution in [3.63, 3.8) is 0 Å². The zero-order valence-electron chi connectivity index (χ0n) is 9.63. The smallest absolute Gasteiger partial charge is 0.128 e. The molecule has 0 amide bonds. The molecule has 2 heterocycles. The Labute approximate surface area is 96.1 Å². The molecule has 1 saturated heterocycles. The van der Waals surface area contributed by atoms with E-state index in [0.717, 1.165) is 31.7 Å². The average molecular weight is 221 g/mol. The number of aliphatic hydroxyl groups is 1. The molecule has 3 N–H and O–H groups in total. The molecular weight excluding hydrogens is 202 g/mol. The number of pyridine rings is 1. The molecule has 0 aromatic carbocycles. The molecule has 4 nitrogen and oxygen atoms in total. The van der Waals surface area contributed by atoms with Crippen LogP contribution < -0.4 is 10.6 Å². The number of anilines is 2. The van der Waals surface area contributed by atoms with Gasteiger partial charge < -0.3 is 15.7 Å². The van der Waals surface area contributed by atoms with Gasteiger partial charge in [0.15, 0.2) is 0 Å². The van der Waals surface area contributed by atoms with Crippen LogP contribution in [0, 0.1) is 5.92 Å². The summed E-state index contributed by atoms with van der Waals surface area (Å²) in [5.74, 6) is 1.42. The molecule has 1 aliphatic rings. The topological polar surface area (TPSA) is 62.4 Å². The first-order chi connectivity index (χ1) is 7.66. The lowest BCUT2D eigenvalue weighted by Crippen LogP contribution is -2.37. The molecule has 1 atom stereocenters. The molecule has 1 aromatic rings. The highest BCUT2D eigenvalue weighted by molar-refractivity contribution is 5.45. The summed E-state index contributed by atoms with van der Waals surface area (Å²) in [4.78, 5) is 6.56. The Kier molecular flexibility index (Phi) is 3.29. The first kappa shape index (κ1) is 11.2. The number of aliphatic hydroxyl groups excluding tert-OH is 1. The molecule has 88 valence electrons. The van der Waals surface area contributed by atoms with Gasteiger partial charge in [-0.2, -0.15) is 0 Å². The van der Waals surface area contributed by atoms with E-state index >= 15 is 0 Å². The van der Waals surface area contributed by atoms with Gasteiger partial charge >= 0.3 is 0 Å². The summed E-state index contributed by atoms with van der Waals surface area (Å²) in [6.07, 6.45) is 3.56. The summed E-state index contributed by atoms with van der Waals surface area (Å²) in [6, 6.07) is 3.83. The zero-order valence-corrected chi connectivity index (χ0v) is 9.63. The van der Waals surface area contributed by atoms with Crippen molar-refractivity contribution >= 4 is 11.5 Å². The third-order valence-corrected chi connectivity index (χ3v) is 3.32. The summed E-state index contributed by atoms with van der Waals surface area (Å²) >= 11 is 0. The van der Waals surface area contributed by atoms with E-state index in [1.807, 2.05) is 19.1 Å². The molecular formula is C12H19N3O. The minimum atomic E-state index is -0.193. The van der Waals surface area contributed by atoms with Gasteiger partial charge in [-0.3, -0.25) is 0 Å². The average Bonchev–Trinajstić information content (AvgIpc) is 2.30. The normalized spacial score (nSPS) is 19.8. The number of nitrogens with zero attached hydrogens (tertiary/aromatic N) is 2. The molecule has 0 saturated carbocycles. The highest BCUT2D eigenvalue weighted by atomic mass is 16.3. The van der Waals surface area contributed by atoms with Crippen molar-refractivity contribution in [2.45, 2.75) is 25.9 Å². The highest BCUT2D eigenvalue weighted by Gasteiger charge is 2.23. The minimum Gasteiger partial charge on any atom is -0.397 e. The fourth-order valence-corrected chi connectivity index (χ4v) is 2.20. The van der Waals surface area contributed by atoms with Crippen molar-refractivity contribution in [3.8, 4) is 0 Å².